The number of aromatic nitrogens is 1. The van der Waals surface area contributed by atoms with Crippen molar-refractivity contribution in [2.75, 3.05) is 0 Å². The standard InChI is InChI=1S/C10H8NO2P.Al/c12-9-3-1-2-7-4-5-8(6-14-13)11-10(7)9;/h1-5,12H,6H2;/q;+1/p-1. The zero-order valence-electron chi connectivity index (χ0n) is 7.88. The topological polar surface area (TPSA) is 39.2 Å². The molecule has 1 aromatic carbocycles. The Bertz CT molecular complexity index is 504. The third kappa shape index (κ3) is 2.18. The number of hydrogen-bond donors (Lipinski definition) is 0. The molecule has 0 N–H and O–H groups in total. The van der Waals surface area contributed by atoms with Gasteiger partial charge in [0.2, 0.25) is 0 Å². The number of nitrogens with zero attached hydrogens (tertiary/aromatic N) is 1. The van der Waals surface area contributed by atoms with Gasteiger partial charge in [-0.1, -0.05) is 18.2 Å². The summed E-state index contributed by atoms with van der Waals surface area (Å²) in [5.41, 5.74) is 1.60. The molecule has 0 saturated heterocycles. The van der Waals surface area contributed by atoms with Crippen LogP contribution in [-0.2, 0) is 10.7 Å². The van der Waals surface area contributed by atoms with Crippen LogP contribution in [0.4, 0.5) is 0 Å². The summed E-state index contributed by atoms with van der Waals surface area (Å²) in [5.74, 6) is 0.710. The van der Waals surface area contributed by atoms with Crippen LogP contribution in [0.5, 0.6) is 5.75 Å². The Morgan fingerprint density at radius 3 is 2.93 bits per heavy atom. The van der Waals surface area contributed by atoms with Crippen molar-refractivity contribution in [3.8, 4) is 5.75 Å². The summed E-state index contributed by atoms with van der Waals surface area (Å²) >= 11 is 2.21. The van der Waals surface area contributed by atoms with Crippen LogP contribution in [0, 0.1) is 0 Å². The van der Waals surface area contributed by atoms with Gasteiger partial charge in [0.05, 0.1) is 11.9 Å². The molecule has 1 heterocycles. The average molecular weight is 231 g/mol. The summed E-state index contributed by atoms with van der Waals surface area (Å²) in [6.07, 6.45) is 0.432. The van der Waals surface area contributed by atoms with Crippen LogP contribution < -0.4 is 3.79 Å². The Balaban J connectivity index is 2.61. The van der Waals surface area contributed by atoms with E-state index in [0.717, 1.165) is 16.6 Å². The minimum atomic E-state index is 0.0817. The van der Waals surface area contributed by atoms with Crippen molar-refractivity contribution in [3.05, 3.63) is 36.0 Å². The normalized spacial score (nSPS) is 10.7. The van der Waals surface area contributed by atoms with Crippen molar-refractivity contribution in [2.24, 2.45) is 0 Å². The van der Waals surface area contributed by atoms with E-state index in [0.29, 0.717) is 11.9 Å². The third-order valence-corrected chi connectivity index (χ3v) is 2.80. The molecule has 1 aromatic heterocycles. The second kappa shape index (κ2) is 4.72. The van der Waals surface area contributed by atoms with Crippen LogP contribution >= 0.6 is 8.46 Å². The molecule has 0 fully saturated rings. The maximum atomic E-state index is 10.5. The Morgan fingerprint density at radius 2 is 2.20 bits per heavy atom. The van der Waals surface area contributed by atoms with E-state index in [2.05, 4.69) is 21.6 Å². The predicted molar refractivity (Wildman–Crippen MR) is 59.4 cm³/mol. The van der Waals surface area contributed by atoms with E-state index in [1.165, 1.54) is 0 Å². The fraction of sp³-hybridized carbons (Fsp3) is 0.100. The van der Waals surface area contributed by atoms with Gasteiger partial charge in [-0.3, -0.25) is 4.57 Å². The van der Waals surface area contributed by atoms with Crippen molar-refractivity contribution >= 4 is 36.0 Å². The molecule has 2 rings (SSSR count). The van der Waals surface area contributed by atoms with Gasteiger partial charge < -0.3 is 3.79 Å². The van der Waals surface area contributed by atoms with Crippen LogP contribution in [0.1, 0.15) is 5.69 Å². The molecular weight excluding hydrogens is 224 g/mol. The average Bonchev–Trinajstić information content (AvgIpc) is 2.28. The highest BCUT2D eigenvalue weighted by atomic mass is 31.1. The summed E-state index contributed by atoms with van der Waals surface area (Å²) in [6.45, 7) is 0. The summed E-state index contributed by atoms with van der Waals surface area (Å²) in [4.78, 5) is 4.39. The van der Waals surface area contributed by atoms with Gasteiger partial charge in [0, 0.05) is 5.39 Å². The summed E-state index contributed by atoms with van der Waals surface area (Å²) in [7, 11) is 0.0817. The summed E-state index contributed by atoms with van der Waals surface area (Å²) in [6, 6.07) is 9.56. The molecule has 0 saturated carbocycles. The van der Waals surface area contributed by atoms with Gasteiger partial charge in [0.1, 0.15) is 11.3 Å². The maximum Gasteiger partial charge on any atom is 0.482 e. The lowest BCUT2D eigenvalue weighted by atomic mass is 10.2. The first-order valence-corrected chi connectivity index (χ1v) is 5.86. The zero-order valence-corrected chi connectivity index (χ0v) is 9.93. The highest BCUT2D eigenvalue weighted by Gasteiger charge is 2.02. The second-order valence-electron chi connectivity index (χ2n) is 3.04. The van der Waals surface area contributed by atoms with Gasteiger partial charge in [0.15, 0.2) is 8.46 Å². The molecule has 0 atom stereocenters. The number of fused-ring (bicyclic) bond motifs is 1. The van der Waals surface area contributed by atoms with E-state index in [1.807, 2.05) is 30.3 Å². The smallest absolute Gasteiger partial charge is 0.482 e. The zero-order chi connectivity index (χ0) is 10.7. The number of para-hydroxylation sites is 1. The van der Waals surface area contributed by atoms with Crippen molar-refractivity contribution in [2.45, 2.75) is 6.16 Å². The van der Waals surface area contributed by atoms with E-state index in [9.17, 15) is 4.57 Å². The van der Waals surface area contributed by atoms with E-state index in [4.69, 9.17) is 3.79 Å². The van der Waals surface area contributed by atoms with Gasteiger partial charge in [0.25, 0.3) is 0 Å². The van der Waals surface area contributed by atoms with Gasteiger partial charge in [-0.2, -0.15) is 0 Å². The maximum absolute atomic E-state index is 10.5. The van der Waals surface area contributed by atoms with E-state index >= 15 is 0 Å². The van der Waals surface area contributed by atoms with Crippen LogP contribution in [0.3, 0.4) is 0 Å². The first-order chi connectivity index (χ1) is 7.35. The largest absolute Gasteiger partial charge is 0.652 e. The molecular formula is C10H7AlNO2P. The Morgan fingerprint density at radius 1 is 1.33 bits per heavy atom. The van der Waals surface area contributed by atoms with Crippen LogP contribution in [0.2, 0.25) is 0 Å². The molecule has 0 aliphatic carbocycles. The quantitative estimate of drug-likeness (QED) is 0.601. The molecule has 5 heteroatoms. The van der Waals surface area contributed by atoms with Crippen molar-refractivity contribution in [3.63, 3.8) is 0 Å². The molecule has 72 valence electrons. The second-order valence-corrected chi connectivity index (χ2v) is 3.85. The third-order valence-electron chi connectivity index (χ3n) is 2.09. The minimum absolute atomic E-state index is 0.0817. The number of pyridine rings is 1. The molecule has 15 heavy (non-hydrogen) atoms. The van der Waals surface area contributed by atoms with Crippen molar-refractivity contribution in [1.29, 1.82) is 0 Å². The lowest BCUT2D eigenvalue weighted by molar-refractivity contribution is 0.598. The molecule has 0 amide bonds. The fourth-order valence-corrected chi connectivity index (χ4v) is 1.91. The number of benzene rings is 1. The molecule has 0 aliphatic heterocycles. The SMILES string of the molecule is O=PCc1ccc2cccc([O][Al])c2n1. The predicted octanol–water partition coefficient (Wildman–Crippen LogP) is 2.49. The lowest BCUT2D eigenvalue weighted by Gasteiger charge is -2.06. The van der Waals surface area contributed by atoms with Gasteiger partial charge in [-0.25, -0.2) is 4.98 Å². The van der Waals surface area contributed by atoms with Crippen molar-refractivity contribution in [1.82, 2.24) is 4.98 Å². The van der Waals surface area contributed by atoms with E-state index in [1.54, 1.807) is 0 Å². The molecule has 0 bridgehead atoms. The minimum Gasteiger partial charge on any atom is -0.652 e. The Labute approximate surface area is 97.4 Å². The van der Waals surface area contributed by atoms with Crippen molar-refractivity contribution < 1.29 is 8.35 Å². The molecule has 2 aromatic rings. The highest BCUT2D eigenvalue weighted by molar-refractivity contribution is 7.22. The van der Waals surface area contributed by atoms with E-state index < -0.39 is 0 Å². The van der Waals surface area contributed by atoms with E-state index in [-0.39, 0.29) is 8.46 Å². The Kier molecular flexibility index (Phi) is 3.33. The first-order valence-electron chi connectivity index (χ1n) is 4.39. The molecule has 3 nitrogen and oxygen atoms in total. The molecule has 0 spiro atoms. The first kappa shape index (κ1) is 10.6. The molecule has 2 radical (unpaired) electrons. The summed E-state index contributed by atoms with van der Waals surface area (Å²) in [5, 5.41) is 1.02. The molecule has 0 aliphatic rings. The number of rotatable bonds is 3. The monoisotopic (exact) mass is 231 g/mol. The summed E-state index contributed by atoms with van der Waals surface area (Å²) < 4.78 is 15.6. The highest BCUT2D eigenvalue weighted by Crippen LogP contribution is 2.24. The van der Waals surface area contributed by atoms with Gasteiger partial charge in [-0.05, 0) is 12.1 Å². The molecule has 0 unspecified atom stereocenters. The van der Waals surface area contributed by atoms with Gasteiger partial charge >= 0.3 is 16.6 Å². The van der Waals surface area contributed by atoms with Crippen LogP contribution in [0.15, 0.2) is 30.3 Å². The van der Waals surface area contributed by atoms with Crippen LogP contribution in [0.25, 0.3) is 10.9 Å². The lowest BCUT2D eigenvalue weighted by Crippen LogP contribution is -1.91. The number of hydrogen-bond acceptors (Lipinski definition) is 3. The Hall–Kier alpha value is -0.938. The fourth-order valence-electron chi connectivity index (χ4n) is 1.41. The van der Waals surface area contributed by atoms with Crippen LogP contribution in [-0.4, -0.2) is 21.6 Å². The van der Waals surface area contributed by atoms with Gasteiger partial charge in [-0.15, -0.1) is 0 Å².